The van der Waals surface area contributed by atoms with Gasteiger partial charge in [-0.3, -0.25) is 0 Å². The first-order valence-corrected chi connectivity index (χ1v) is 4.56. The Bertz CT molecular complexity index is 235. The van der Waals surface area contributed by atoms with Gasteiger partial charge in [0.15, 0.2) is 0 Å². The smallest absolute Gasteiger partial charge is 0.408 e. The summed E-state index contributed by atoms with van der Waals surface area (Å²) in [4.78, 5) is 11.9. The van der Waals surface area contributed by atoms with Gasteiger partial charge in [-0.15, -0.1) is 0 Å². The highest BCUT2D eigenvalue weighted by Gasteiger charge is 2.27. The molecule has 0 aromatic rings. The number of nitrogens with one attached hydrogen (secondary N) is 2. The Morgan fingerprint density at radius 2 is 2.31 bits per heavy atom. The Morgan fingerprint density at radius 3 is 2.62 bits per heavy atom. The van der Waals surface area contributed by atoms with E-state index >= 15 is 0 Å². The number of amides is 1. The van der Waals surface area contributed by atoms with Crippen molar-refractivity contribution in [2.24, 2.45) is 0 Å². The molecule has 2 N–H and O–H groups in total. The predicted molar refractivity (Wildman–Crippen MR) is 53.8 cm³/mol. The summed E-state index contributed by atoms with van der Waals surface area (Å²) in [6, 6.07) is -0.0511. The fourth-order valence-electron chi connectivity index (χ4n) is 0.854. The topological polar surface area (TPSA) is 50.4 Å². The largest absolute Gasteiger partial charge is 0.444 e. The molecule has 0 aromatic heterocycles. The van der Waals surface area contributed by atoms with Crippen molar-refractivity contribution in [3.63, 3.8) is 0 Å². The van der Waals surface area contributed by atoms with Crippen LogP contribution in [0.1, 0.15) is 20.8 Å². The lowest BCUT2D eigenvalue weighted by atomic mass is 10.2. The van der Waals surface area contributed by atoms with Crippen LogP contribution in [0.3, 0.4) is 0 Å². The van der Waals surface area contributed by atoms with E-state index in [2.05, 4.69) is 10.6 Å². The van der Waals surface area contributed by atoms with E-state index in [0.717, 1.165) is 0 Å². The van der Waals surface area contributed by atoms with Gasteiger partial charge in [0.2, 0.25) is 0 Å². The number of ether oxygens (including phenoxy) is 1. The van der Waals surface area contributed by atoms with E-state index in [1.54, 1.807) is 0 Å². The minimum absolute atomic E-state index is 0.0511. The van der Waals surface area contributed by atoms with Gasteiger partial charge in [-0.25, -0.2) is 4.79 Å². The molecule has 1 aliphatic rings. The van der Waals surface area contributed by atoms with Crippen molar-refractivity contribution in [3.05, 3.63) is 0 Å². The summed E-state index contributed by atoms with van der Waals surface area (Å²) in [5, 5.41) is 5.55. The van der Waals surface area contributed by atoms with Crippen LogP contribution >= 0.6 is 12.2 Å². The molecule has 1 atom stereocenters. The van der Waals surface area contributed by atoms with Crippen LogP contribution < -0.4 is 10.6 Å². The molecule has 4 nitrogen and oxygen atoms in total. The Balaban J connectivity index is 2.29. The number of alkyl carbamates (subject to hydrolysis) is 1. The minimum atomic E-state index is -0.455. The van der Waals surface area contributed by atoms with Crippen LogP contribution in [-0.4, -0.2) is 29.3 Å². The first-order chi connectivity index (χ1) is 5.88. The van der Waals surface area contributed by atoms with Gasteiger partial charge in [0.25, 0.3) is 0 Å². The lowest BCUT2D eigenvalue weighted by molar-refractivity contribution is 0.0513. The van der Waals surface area contributed by atoms with E-state index in [4.69, 9.17) is 17.0 Å². The summed E-state index contributed by atoms with van der Waals surface area (Å²) in [6.45, 7) is 6.16. The molecule has 0 saturated carbocycles. The van der Waals surface area contributed by atoms with Gasteiger partial charge < -0.3 is 15.4 Å². The predicted octanol–water partition coefficient (Wildman–Crippen LogP) is 0.810. The van der Waals surface area contributed by atoms with Gasteiger partial charge in [-0.2, -0.15) is 0 Å². The number of hydrogen-bond acceptors (Lipinski definition) is 3. The van der Waals surface area contributed by atoms with Crippen LogP contribution in [0.4, 0.5) is 4.79 Å². The third kappa shape index (κ3) is 3.18. The summed E-state index contributed by atoms with van der Waals surface area (Å²) in [7, 11) is 0. The minimum Gasteiger partial charge on any atom is -0.444 e. The van der Waals surface area contributed by atoms with Gasteiger partial charge >= 0.3 is 6.09 Å². The molecule has 1 fully saturated rings. The van der Waals surface area contributed by atoms with Crippen molar-refractivity contribution in [1.29, 1.82) is 0 Å². The van der Waals surface area contributed by atoms with E-state index in [0.29, 0.717) is 11.5 Å². The van der Waals surface area contributed by atoms with Gasteiger partial charge in [0.1, 0.15) is 10.6 Å². The molecule has 0 spiro atoms. The normalized spacial score (nSPS) is 21.5. The Hall–Kier alpha value is -0.840. The Kier molecular flexibility index (Phi) is 2.75. The van der Waals surface area contributed by atoms with Crippen LogP contribution in [0, 0.1) is 0 Å². The fraction of sp³-hybridized carbons (Fsp3) is 0.750. The van der Waals surface area contributed by atoms with E-state index in [1.807, 2.05) is 20.8 Å². The molecule has 1 amide bonds. The zero-order chi connectivity index (χ0) is 10.1. The first kappa shape index (κ1) is 10.2. The highest BCUT2D eigenvalue weighted by molar-refractivity contribution is 7.80. The number of carbonyl (C=O) groups is 1. The third-order valence-electron chi connectivity index (χ3n) is 1.49. The van der Waals surface area contributed by atoms with Gasteiger partial charge in [-0.05, 0) is 20.8 Å². The molecule has 1 unspecified atom stereocenters. The van der Waals surface area contributed by atoms with E-state index < -0.39 is 11.7 Å². The molecule has 0 aromatic carbocycles. The maximum absolute atomic E-state index is 11.2. The third-order valence-corrected chi connectivity index (χ3v) is 1.92. The first-order valence-electron chi connectivity index (χ1n) is 4.16. The average Bonchev–Trinajstić information content (AvgIpc) is 1.94. The zero-order valence-corrected chi connectivity index (χ0v) is 8.83. The Morgan fingerprint density at radius 1 is 1.69 bits per heavy atom. The maximum Gasteiger partial charge on any atom is 0.408 e. The number of thiocarbonyl (C=S) groups is 1. The van der Waals surface area contributed by atoms with Crippen LogP contribution in [0.2, 0.25) is 0 Å². The van der Waals surface area contributed by atoms with Crippen molar-refractivity contribution >= 4 is 23.3 Å². The molecule has 0 radical (unpaired) electrons. The van der Waals surface area contributed by atoms with Crippen molar-refractivity contribution in [2.45, 2.75) is 32.4 Å². The van der Waals surface area contributed by atoms with E-state index in [-0.39, 0.29) is 6.04 Å². The fourth-order valence-corrected chi connectivity index (χ4v) is 1.08. The molecular formula is C8H14N2O2S. The highest BCUT2D eigenvalue weighted by atomic mass is 32.1. The molecule has 1 saturated heterocycles. The lowest BCUT2D eigenvalue weighted by Gasteiger charge is -2.30. The second-order valence-electron chi connectivity index (χ2n) is 3.94. The zero-order valence-electron chi connectivity index (χ0n) is 8.01. The van der Waals surface area contributed by atoms with Crippen LogP contribution in [0.25, 0.3) is 0 Å². The van der Waals surface area contributed by atoms with Gasteiger partial charge in [-0.1, -0.05) is 12.2 Å². The van der Waals surface area contributed by atoms with Crippen molar-refractivity contribution in [2.75, 3.05) is 6.54 Å². The van der Waals surface area contributed by atoms with Crippen molar-refractivity contribution < 1.29 is 9.53 Å². The summed E-state index contributed by atoms with van der Waals surface area (Å²) in [5.41, 5.74) is -0.455. The number of hydrogen-bond donors (Lipinski definition) is 2. The molecule has 1 rings (SSSR count). The van der Waals surface area contributed by atoms with Crippen LogP contribution in [-0.2, 0) is 4.74 Å². The molecule has 1 heterocycles. The molecule has 0 bridgehead atoms. The van der Waals surface area contributed by atoms with Gasteiger partial charge in [0, 0.05) is 6.54 Å². The number of rotatable bonds is 1. The molecule has 74 valence electrons. The second kappa shape index (κ2) is 3.49. The van der Waals surface area contributed by atoms with Crippen LogP contribution in [0.5, 0.6) is 0 Å². The van der Waals surface area contributed by atoms with Crippen molar-refractivity contribution in [3.8, 4) is 0 Å². The lowest BCUT2D eigenvalue weighted by Crippen LogP contribution is -2.61. The van der Waals surface area contributed by atoms with Crippen molar-refractivity contribution in [1.82, 2.24) is 10.6 Å². The standard InChI is InChI=1S/C8H14N2O2S/c1-8(2,3)12-7(11)10-5-4-9-6(5)13/h5H,4H2,1-3H3,(H,9,13)(H,10,11). The second-order valence-corrected chi connectivity index (χ2v) is 4.38. The Labute approximate surface area is 83.0 Å². The molecule has 1 aliphatic heterocycles. The SMILES string of the molecule is CC(C)(C)OC(=O)NC1CNC1=S. The number of carbonyl (C=O) groups excluding carboxylic acids is 1. The van der Waals surface area contributed by atoms with E-state index in [9.17, 15) is 4.79 Å². The summed E-state index contributed by atoms with van der Waals surface area (Å²) in [5.74, 6) is 0. The van der Waals surface area contributed by atoms with Crippen LogP contribution in [0.15, 0.2) is 0 Å². The summed E-state index contributed by atoms with van der Waals surface area (Å²) < 4.78 is 5.05. The van der Waals surface area contributed by atoms with E-state index in [1.165, 1.54) is 0 Å². The average molecular weight is 202 g/mol. The highest BCUT2D eigenvalue weighted by Crippen LogP contribution is 2.07. The molecule has 13 heavy (non-hydrogen) atoms. The summed E-state index contributed by atoms with van der Waals surface area (Å²) >= 11 is 4.88. The maximum atomic E-state index is 11.2. The van der Waals surface area contributed by atoms with Gasteiger partial charge in [0.05, 0.1) is 6.04 Å². The summed E-state index contributed by atoms with van der Waals surface area (Å²) in [6.07, 6.45) is -0.415. The molecule has 0 aliphatic carbocycles. The molecular weight excluding hydrogens is 188 g/mol. The monoisotopic (exact) mass is 202 g/mol. The molecule has 5 heteroatoms. The quantitative estimate of drug-likeness (QED) is 0.618.